The number of nitrogens with zero attached hydrogens (tertiary/aromatic N) is 2. The smallest absolute Gasteiger partial charge is 0.271 e. The van der Waals surface area contributed by atoms with Crippen LogP contribution in [0.4, 0.5) is 5.69 Å². The van der Waals surface area contributed by atoms with Crippen molar-refractivity contribution >= 4 is 28.9 Å². The van der Waals surface area contributed by atoms with Crippen molar-refractivity contribution in [3.8, 4) is 0 Å². The zero-order chi connectivity index (χ0) is 16.1. The van der Waals surface area contributed by atoms with Gasteiger partial charge in [-0.15, -0.1) is 0 Å². The summed E-state index contributed by atoms with van der Waals surface area (Å²) in [6.07, 6.45) is 0. The first-order valence-corrected chi connectivity index (χ1v) is 7.24. The number of halogens is 1. The van der Waals surface area contributed by atoms with E-state index in [-0.39, 0.29) is 5.91 Å². The number of benzene rings is 2. The lowest BCUT2D eigenvalue weighted by molar-refractivity contribution is 0.0955. The molecule has 22 heavy (non-hydrogen) atoms. The van der Waals surface area contributed by atoms with Gasteiger partial charge in [0.05, 0.1) is 5.71 Å². The molecule has 114 valence electrons. The molecule has 0 atom stereocenters. The van der Waals surface area contributed by atoms with Crippen molar-refractivity contribution in [3.05, 3.63) is 64.7 Å². The number of carbonyl (C=O) groups is 1. The van der Waals surface area contributed by atoms with Gasteiger partial charge in [0, 0.05) is 35.9 Å². The van der Waals surface area contributed by atoms with Crippen LogP contribution in [0.15, 0.2) is 53.6 Å². The lowest BCUT2D eigenvalue weighted by Gasteiger charge is -2.12. The first-order valence-electron chi connectivity index (χ1n) is 6.86. The highest BCUT2D eigenvalue weighted by atomic mass is 35.5. The average Bonchev–Trinajstić information content (AvgIpc) is 2.52. The van der Waals surface area contributed by atoms with Crippen LogP contribution in [-0.4, -0.2) is 25.7 Å². The molecule has 0 bridgehead atoms. The van der Waals surface area contributed by atoms with Gasteiger partial charge in [-0.3, -0.25) is 4.79 Å². The van der Waals surface area contributed by atoms with Gasteiger partial charge in [0.25, 0.3) is 5.91 Å². The van der Waals surface area contributed by atoms with E-state index in [1.807, 2.05) is 49.3 Å². The number of hydrogen-bond acceptors (Lipinski definition) is 3. The maximum Gasteiger partial charge on any atom is 0.271 e. The summed E-state index contributed by atoms with van der Waals surface area (Å²) in [6, 6.07) is 14.7. The summed E-state index contributed by atoms with van der Waals surface area (Å²) in [7, 11) is 3.90. The first-order chi connectivity index (χ1) is 10.5. The molecule has 0 aliphatic heterocycles. The second-order valence-electron chi connectivity index (χ2n) is 5.06. The molecule has 5 heteroatoms. The van der Waals surface area contributed by atoms with Crippen molar-refractivity contribution in [3.63, 3.8) is 0 Å². The van der Waals surface area contributed by atoms with E-state index in [0.29, 0.717) is 16.3 Å². The quantitative estimate of drug-likeness (QED) is 0.692. The largest absolute Gasteiger partial charge is 0.378 e. The summed E-state index contributed by atoms with van der Waals surface area (Å²) < 4.78 is 0. The van der Waals surface area contributed by atoms with Gasteiger partial charge in [-0.1, -0.05) is 29.8 Å². The van der Waals surface area contributed by atoms with Crippen molar-refractivity contribution < 1.29 is 4.79 Å². The molecule has 0 saturated heterocycles. The van der Waals surface area contributed by atoms with Crippen LogP contribution in [0.3, 0.4) is 0 Å². The molecule has 0 fully saturated rings. The molecule has 0 aliphatic carbocycles. The number of carbonyl (C=O) groups excluding carboxylic acids is 1. The van der Waals surface area contributed by atoms with E-state index in [0.717, 1.165) is 11.3 Å². The van der Waals surface area contributed by atoms with E-state index in [2.05, 4.69) is 10.5 Å². The van der Waals surface area contributed by atoms with Crippen LogP contribution < -0.4 is 10.3 Å². The van der Waals surface area contributed by atoms with Gasteiger partial charge in [-0.2, -0.15) is 5.10 Å². The molecule has 0 aromatic heterocycles. The van der Waals surface area contributed by atoms with Gasteiger partial charge in [0.1, 0.15) is 0 Å². The number of amides is 1. The summed E-state index contributed by atoms with van der Waals surface area (Å²) in [6.45, 7) is 1.80. The van der Waals surface area contributed by atoms with Crippen LogP contribution in [0.1, 0.15) is 22.8 Å². The second-order valence-corrected chi connectivity index (χ2v) is 5.47. The zero-order valence-electron chi connectivity index (χ0n) is 12.8. The fourth-order valence-electron chi connectivity index (χ4n) is 1.92. The highest BCUT2D eigenvalue weighted by Gasteiger charge is 2.07. The first kappa shape index (κ1) is 16.0. The van der Waals surface area contributed by atoms with Gasteiger partial charge in [0.2, 0.25) is 0 Å². The molecule has 1 N–H and O–H groups in total. The Morgan fingerprint density at radius 3 is 2.32 bits per heavy atom. The van der Waals surface area contributed by atoms with Crippen LogP contribution in [0.5, 0.6) is 0 Å². The van der Waals surface area contributed by atoms with Gasteiger partial charge in [-0.05, 0) is 37.3 Å². The van der Waals surface area contributed by atoms with Gasteiger partial charge in [0.15, 0.2) is 0 Å². The third-order valence-electron chi connectivity index (χ3n) is 3.23. The maximum atomic E-state index is 12.1. The zero-order valence-corrected chi connectivity index (χ0v) is 13.6. The van der Waals surface area contributed by atoms with Crippen molar-refractivity contribution in [2.24, 2.45) is 5.10 Å². The van der Waals surface area contributed by atoms with Crippen LogP contribution >= 0.6 is 11.6 Å². The number of nitrogens with one attached hydrogen (secondary N) is 1. The molecule has 2 aromatic carbocycles. The molecule has 1 amide bonds. The van der Waals surface area contributed by atoms with Crippen LogP contribution in [0.25, 0.3) is 0 Å². The molecule has 0 unspecified atom stereocenters. The molecule has 4 nitrogen and oxygen atoms in total. The van der Waals surface area contributed by atoms with E-state index in [1.165, 1.54) is 0 Å². The summed E-state index contributed by atoms with van der Waals surface area (Å²) in [5.41, 5.74) is 5.60. The van der Waals surface area contributed by atoms with Crippen molar-refractivity contribution in [1.29, 1.82) is 0 Å². The Morgan fingerprint density at radius 2 is 1.73 bits per heavy atom. The Kier molecular flexibility index (Phi) is 5.17. The Balaban J connectivity index is 2.09. The minimum Gasteiger partial charge on any atom is -0.378 e. The number of hydrogen-bond donors (Lipinski definition) is 1. The summed E-state index contributed by atoms with van der Waals surface area (Å²) in [5, 5.41) is 4.72. The fraction of sp³-hybridized carbons (Fsp3) is 0.176. The number of hydrazone groups is 1. The highest BCUT2D eigenvalue weighted by Crippen LogP contribution is 2.16. The van der Waals surface area contributed by atoms with Gasteiger partial charge < -0.3 is 4.90 Å². The molecule has 0 radical (unpaired) electrons. The average molecular weight is 316 g/mol. The fourth-order valence-corrected chi connectivity index (χ4v) is 2.20. The molecule has 0 heterocycles. The Morgan fingerprint density at radius 1 is 1.09 bits per heavy atom. The monoisotopic (exact) mass is 315 g/mol. The van der Waals surface area contributed by atoms with E-state index in [4.69, 9.17) is 11.6 Å². The molecule has 0 spiro atoms. The molecule has 2 aromatic rings. The summed E-state index contributed by atoms with van der Waals surface area (Å²) in [4.78, 5) is 14.1. The van der Waals surface area contributed by atoms with Crippen molar-refractivity contribution in [2.45, 2.75) is 6.92 Å². The lowest BCUT2D eigenvalue weighted by Crippen LogP contribution is -2.19. The minimum absolute atomic E-state index is 0.253. The second kappa shape index (κ2) is 7.09. The Labute approximate surface area is 135 Å². The number of anilines is 1. The topological polar surface area (TPSA) is 44.7 Å². The standard InChI is InChI=1S/C17H18ClN3O/c1-12(15-6-4-5-7-16(15)18)19-20-17(22)13-8-10-14(11-9-13)21(2)3/h4-11H,1-3H3,(H,20,22). The van der Waals surface area contributed by atoms with Crippen LogP contribution in [0, 0.1) is 0 Å². The summed E-state index contributed by atoms with van der Waals surface area (Å²) >= 11 is 6.10. The number of rotatable bonds is 4. The van der Waals surface area contributed by atoms with Crippen molar-refractivity contribution in [1.82, 2.24) is 5.43 Å². The molecular formula is C17H18ClN3O. The van der Waals surface area contributed by atoms with Crippen LogP contribution in [0.2, 0.25) is 5.02 Å². The predicted octanol–water partition coefficient (Wildman–Crippen LogP) is 3.56. The van der Waals surface area contributed by atoms with E-state index in [1.54, 1.807) is 25.1 Å². The Bertz CT molecular complexity index is 693. The third-order valence-corrected chi connectivity index (χ3v) is 3.56. The molecular weight excluding hydrogens is 298 g/mol. The molecule has 0 saturated carbocycles. The molecule has 0 aliphatic rings. The van der Waals surface area contributed by atoms with E-state index >= 15 is 0 Å². The third kappa shape index (κ3) is 3.86. The van der Waals surface area contributed by atoms with Gasteiger partial charge in [-0.25, -0.2) is 5.43 Å². The normalized spacial score (nSPS) is 11.2. The van der Waals surface area contributed by atoms with E-state index in [9.17, 15) is 4.79 Å². The van der Waals surface area contributed by atoms with E-state index < -0.39 is 0 Å². The Hall–Kier alpha value is -2.33. The van der Waals surface area contributed by atoms with Gasteiger partial charge >= 0.3 is 0 Å². The SMILES string of the molecule is CC(=NNC(=O)c1ccc(N(C)C)cc1)c1ccccc1Cl. The molecule has 2 rings (SSSR count). The summed E-state index contributed by atoms with van der Waals surface area (Å²) in [5.74, 6) is -0.253. The van der Waals surface area contributed by atoms with Crippen molar-refractivity contribution in [2.75, 3.05) is 19.0 Å². The predicted molar refractivity (Wildman–Crippen MR) is 91.9 cm³/mol. The minimum atomic E-state index is -0.253. The maximum absolute atomic E-state index is 12.1. The van der Waals surface area contributed by atoms with Crippen LogP contribution in [-0.2, 0) is 0 Å². The lowest BCUT2D eigenvalue weighted by atomic mass is 10.1. The highest BCUT2D eigenvalue weighted by molar-refractivity contribution is 6.34.